The summed E-state index contributed by atoms with van der Waals surface area (Å²) in [5.41, 5.74) is 2.74. The van der Waals surface area contributed by atoms with Gasteiger partial charge in [-0.25, -0.2) is 13.1 Å². The van der Waals surface area contributed by atoms with Crippen LogP contribution in [0.15, 0.2) is 59.0 Å². The Hall–Kier alpha value is -2.25. The summed E-state index contributed by atoms with van der Waals surface area (Å²) in [6.45, 7) is 0. The van der Waals surface area contributed by atoms with E-state index in [0.717, 1.165) is 21.8 Å². The van der Waals surface area contributed by atoms with Crippen molar-refractivity contribution in [1.82, 2.24) is 9.78 Å². The first kappa shape index (κ1) is 16.2. The standard InChI is InChI=1S/C18H17N3O2S2/c22-25(23)10-8-15(13-25)19-11-14-12-21(16-5-2-1-3-6-16)20-18(14)17-7-4-9-24-17/h1-7,9,11-12,15H,8,10,13H2/t15-/m1/s1. The molecule has 0 amide bonds. The first-order valence-electron chi connectivity index (χ1n) is 8.03. The molecular weight excluding hydrogens is 354 g/mol. The van der Waals surface area contributed by atoms with E-state index in [1.54, 1.807) is 17.6 Å². The van der Waals surface area contributed by atoms with Crippen molar-refractivity contribution in [2.75, 3.05) is 11.5 Å². The maximum absolute atomic E-state index is 11.6. The minimum Gasteiger partial charge on any atom is -0.288 e. The molecule has 128 valence electrons. The fourth-order valence-electron chi connectivity index (χ4n) is 2.88. The highest BCUT2D eigenvalue weighted by Gasteiger charge is 2.27. The maximum atomic E-state index is 11.6. The largest absolute Gasteiger partial charge is 0.288 e. The van der Waals surface area contributed by atoms with Gasteiger partial charge in [-0.1, -0.05) is 24.3 Å². The third-order valence-electron chi connectivity index (χ3n) is 4.15. The highest BCUT2D eigenvalue weighted by molar-refractivity contribution is 7.91. The Kier molecular flexibility index (Phi) is 4.27. The van der Waals surface area contributed by atoms with Gasteiger partial charge in [-0.2, -0.15) is 5.10 Å². The minimum absolute atomic E-state index is 0.144. The molecule has 1 fully saturated rings. The number of nitrogens with zero attached hydrogens (tertiary/aromatic N) is 3. The molecule has 4 rings (SSSR count). The van der Waals surface area contributed by atoms with Gasteiger partial charge in [0, 0.05) is 18.0 Å². The van der Waals surface area contributed by atoms with Gasteiger partial charge < -0.3 is 0 Å². The summed E-state index contributed by atoms with van der Waals surface area (Å²) in [5, 5.41) is 6.73. The van der Waals surface area contributed by atoms with Crippen molar-refractivity contribution in [3.8, 4) is 16.3 Å². The predicted octanol–water partition coefficient (Wildman–Crippen LogP) is 3.21. The number of sulfone groups is 1. The average Bonchev–Trinajstić information content (AvgIpc) is 3.32. The van der Waals surface area contributed by atoms with Gasteiger partial charge in [-0.3, -0.25) is 4.99 Å². The predicted molar refractivity (Wildman–Crippen MR) is 102 cm³/mol. The lowest BCUT2D eigenvalue weighted by atomic mass is 10.2. The molecule has 3 heterocycles. The highest BCUT2D eigenvalue weighted by atomic mass is 32.2. The monoisotopic (exact) mass is 371 g/mol. The number of para-hydroxylation sites is 1. The van der Waals surface area contributed by atoms with Gasteiger partial charge in [-0.05, 0) is 30.0 Å². The van der Waals surface area contributed by atoms with Crippen LogP contribution in [0.3, 0.4) is 0 Å². The molecule has 0 spiro atoms. The second kappa shape index (κ2) is 6.57. The summed E-state index contributed by atoms with van der Waals surface area (Å²) >= 11 is 1.62. The van der Waals surface area contributed by atoms with Crippen LogP contribution in [-0.4, -0.2) is 42.0 Å². The minimum atomic E-state index is -2.92. The molecule has 1 aliphatic heterocycles. The fraction of sp³-hybridized carbons (Fsp3) is 0.222. The Labute approximate surface area is 150 Å². The Morgan fingerprint density at radius 3 is 2.72 bits per heavy atom. The van der Waals surface area contributed by atoms with Crippen LogP contribution in [-0.2, 0) is 9.84 Å². The van der Waals surface area contributed by atoms with E-state index in [0.29, 0.717) is 6.42 Å². The van der Waals surface area contributed by atoms with Crippen LogP contribution in [0.5, 0.6) is 0 Å². The summed E-state index contributed by atoms with van der Waals surface area (Å²) < 4.78 is 25.0. The van der Waals surface area contributed by atoms with Crippen LogP contribution >= 0.6 is 11.3 Å². The van der Waals surface area contributed by atoms with Crippen molar-refractivity contribution in [3.05, 3.63) is 59.6 Å². The fourth-order valence-corrected chi connectivity index (χ4v) is 5.25. The second-order valence-electron chi connectivity index (χ2n) is 6.03. The average molecular weight is 371 g/mol. The number of aromatic nitrogens is 2. The van der Waals surface area contributed by atoms with E-state index in [1.165, 1.54) is 0 Å². The lowest BCUT2D eigenvalue weighted by molar-refractivity contribution is 0.601. The number of aliphatic imine (C=N–C) groups is 1. The van der Waals surface area contributed by atoms with E-state index >= 15 is 0 Å². The first-order valence-corrected chi connectivity index (χ1v) is 10.7. The molecule has 1 aliphatic rings. The van der Waals surface area contributed by atoms with Crippen LogP contribution in [0.25, 0.3) is 16.3 Å². The molecule has 1 aromatic carbocycles. The maximum Gasteiger partial charge on any atom is 0.152 e. The zero-order valence-corrected chi connectivity index (χ0v) is 15.1. The van der Waals surface area contributed by atoms with Gasteiger partial charge >= 0.3 is 0 Å². The molecule has 1 saturated heterocycles. The lowest BCUT2D eigenvalue weighted by Gasteiger charge is -1.99. The number of hydrogen-bond donors (Lipinski definition) is 0. The smallest absolute Gasteiger partial charge is 0.152 e. The zero-order valence-electron chi connectivity index (χ0n) is 13.4. The Morgan fingerprint density at radius 2 is 2.04 bits per heavy atom. The van der Waals surface area contributed by atoms with Crippen molar-refractivity contribution in [1.29, 1.82) is 0 Å². The molecule has 5 nitrogen and oxygen atoms in total. The van der Waals surface area contributed by atoms with Gasteiger partial charge in [0.15, 0.2) is 9.84 Å². The van der Waals surface area contributed by atoms with Crippen molar-refractivity contribution >= 4 is 27.4 Å². The molecule has 0 aliphatic carbocycles. The van der Waals surface area contributed by atoms with Gasteiger partial charge in [0.05, 0.1) is 28.1 Å². The van der Waals surface area contributed by atoms with E-state index in [9.17, 15) is 8.42 Å². The summed E-state index contributed by atoms with van der Waals surface area (Å²) in [6.07, 6.45) is 4.31. The summed E-state index contributed by atoms with van der Waals surface area (Å²) in [6, 6.07) is 13.8. The van der Waals surface area contributed by atoms with Gasteiger partial charge in [0.2, 0.25) is 0 Å². The van der Waals surface area contributed by atoms with Crippen LogP contribution in [0.4, 0.5) is 0 Å². The molecule has 0 saturated carbocycles. The van der Waals surface area contributed by atoms with E-state index in [2.05, 4.69) is 4.99 Å². The molecule has 0 N–H and O–H groups in total. The first-order chi connectivity index (χ1) is 12.1. The number of thiophene rings is 1. The van der Waals surface area contributed by atoms with Crippen molar-refractivity contribution in [3.63, 3.8) is 0 Å². The number of benzene rings is 1. The van der Waals surface area contributed by atoms with Gasteiger partial charge in [0.25, 0.3) is 0 Å². The normalized spacial score (nSPS) is 19.6. The Balaban J connectivity index is 1.69. The Bertz CT molecular complexity index is 990. The quantitative estimate of drug-likeness (QED) is 0.662. The van der Waals surface area contributed by atoms with Gasteiger partial charge in [-0.15, -0.1) is 11.3 Å². The molecule has 0 radical (unpaired) electrons. The SMILES string of the molecule is O=S1(=O)CC[C@@H](N=Cc2cn(-c3ccccc3)nc2-c2cccs2)C1. The van der Waals surface area contributed by atoms with Crippen molar-refractivity contribution in [2.24, 2.45) is 4.99 Å². The molecule has 25 heavy (non-hydrogen) atoms. The zero-order chi connectivity index (χ0) is 17.3. The topological polar surface area (TPSA) is 64.3 Å². The van der Waals surface area contributed by atoms with Crippen LogP contribution in [0.1, 0.15) is 12.0 Å². The van der Waals surface area contributed by atoms with E-state index < -0.39 is 9.84 Å². The number of hydrogen-bond acceptors (Lipinski definition) is 5. The van der Waals surface area contributed by atoms with E-state index in [-0.39, 0.29) is 17.5 Å². The Morgan fingerprint density at radius 1 is 1.20 bits per heavy atom. The molecule has 0 unspecified atom stereocenters. The summed E-state index contributed by atoms with van der Waals surface area (Å²) in [4.78, 5) is 5.58. The highest BCUT2D eigenvalue weighted by Crippen LogP contribution is 2.27. The molecular formula is C18H17N3O2S2. The molecule has 2 aromatic heterocycles. The van der Waals surface area contributed by atoms with Crippen LogP contribution < -0.4 is 0 Å². The third kappa shape index (κ3) is 3.57. The molecule has 1 atom stereocenters. The molecule has 3 aromatic rings. The van der Waals surface area contributed by atoms with Gasteiger partial charge in [0.1, 0.15) is 5.69 Å². The van der Waals surface area contributed by atoms with Crippen molar-refractivity contribution < 1.29 is 8.42 Å². The summed E-state index contributed by atoms with van der Waals surface area (Å²) in [5.74, 6) is 0.376. The lowest BCUT2D eigenvalue weighted by Crippen LogP contribution is -2.07. The second-order valence-corrected chi connectivity index (χ2v) is 9.20. The molecule has 0 bridgehead atoms. The molecule has 7 heteroatoms. The van der Waals surface area contributed by atoms with Crippen LogP contribution in [0, 0.1) is 0 Å². The van der Waals surface area contributed by atoms with Crippen molar-refractivity contribution in [2.45, 2.75) is 12.5 Å². The summed E-state index contributed by atoms with van der Waals surface area (Å²) in [7, 11) is -2.92. The van der Waals surface area contributed by atoms with Crippen LogP contribution in [0.2, 0.25) is 0 Å². The third-order valence-corrected chi connectivity index (χ3v) is 6.78. The number of rotatable bonds is 4. The van der Waals surface area contributed by atoms with E-state index in [4.69, 9.17) is 5.10 Å². The van der Waals surface area contributed by atoms with E-state index in [1.807, 2.05) is 58.7 Å².